The van der Waals surface area contributed by atoms with Crippen LogP contribution in [0.1, 0.15) is 34.6 Å². The molecule has 0 bridgehead atoms. The van der Waals surface area contributed by atoms with Gasteiger partial charge in [-0.15, -0.1) is 0 Å². The Balaban J connectivity index is 0. The first-order chi connectivity index (χ1) is 12.5. The molecule has 0 aliphatic carbocycles. The Hall–Kier alpha value is -2.55. The van der Waals surface area contributed by atoms with Gasteiger partial charge in [0.2, 0.25) is 5.91 Å². The van der Waals surface area contributed by atoms with Crippen LogP contribution in [0.4, 0.5) is 5.69 Å². The van der Waals surface area contributed by atoms with Gasteiger partial charge in [-0.3, -0.25) is 9.59 Å². The number of carboxylic acid groups (broad SMARTS) is 1. The van der Waals surface area contributed by atoms with Gasteiger partial charge in [0.05, 0.1) is 0 Å². The SMILES string of the molecule is C=CC(=O)NC(C)(C)C.CC(=O)Nc1c(O)cccc1[As](=O)(O)O.CC(=O)O. The van der Waals surface area contributed by atoms with Gasteiger partial charge in [-0.05, 0) is 26.8 Å². The molecule has 0 fully saturated rings. The van der Waals surface area contributed by atoms with Gasteiger partial charge in [0, 0.05) is 12.5 Å². The smallest absolute Gasteiger partial charge is 0.300 e. The summed E-state index contributed by atoms with van der Waals surface area (Å²) >= 11 is -5.14. The molecule has 11 heteroatoms. The van der Waals surface area contributed by atoms with E-state index in [9.17, 15) is 18.4 Å². The maximum absolute atomic E-state index is 11.1. The zero-order valence-electron chi connectivity index (χ0n) is 16.4. The van der Waals surface area contributed by atoms with E-state index in [1.54, 1.807) is 0 Å². The fraction of sp³-hybridized carbons (Fsp3) is 0.353. The van der Waals surface area contributed by atoms with E-state index in [1.807, 2.05) is 20.8 Å². The van der Waals surface area contributed by atoms with Crippen LogP contribution in [0.25, 0.3) is 0 Å². The molecule has 0 atom stereocenters. The zero-order valence-corrected chi connectivity index (χ0v) is 18.3. The zero-order chi connectivity index (χ0) is 22.7. The number of phenolic OH excluding ortho intramolecular Hbond substituents is 1. The van der Waals surface area contributed by atoms with Gasteiger partial charge in [0.15, 0.2) is 0 Å². The number of benzene rings is 1. The number of rotatable bonds is 3. The number of para-hydroxylation sites is 1. The summed E-state index contributed by atoms with van der Waals surface area (Å²) in [6.07, 6.45) is 1.27. The molecular formula is C17H27AsN2O8. The topological polar surface area (TPSA) is 173 Å². The molecule has 0 saturated carbocycles. The van der Waals surface area contributed by atoms with Crippen molar-refractivity contribution >= 4 is 42.0 Å². The summed E-state index contributed by atoms with van der Waals surface area (Å²) in [5, 5.41) is 21.7. The average Bonchev–Trinajstić information content (AvgIpc) is 2.46. The normalized spacial score (nSPS) is 10.2. The van der Waals surface area contributed by atoms with Crippen LogP contribution in [0.3, 0.4) is 0 Å². The van der Waals surface area contributed by atoms with Crippen molar-refractivity contribution in [2.75, 3.05) is 5.32 Å². The van der Waals surface area contributed by atoms with Crippen molar-refractivity contribution in [3.8, 4) is 5.75 Å². The summed E-state index contributed by atoms with van der Waals surface area (Å²) in [7, 11) is 0. The number of amides is 2. The van der Waals surface area contributed by atoms with Gasteiger partial charge in [0.1, 0.15) is 0 Å². The first-order valence-corrected chi connectivity index (χ1v) is 11.2. The summed E-state index contributed by atoms with van der Waals surface area (Å²) in [6, 6.07) is 3.71. The van der Waals surface area contributed by atoms with E-state index >= 15 is 0 Å². The van der Waals surface area contributed by atoms with Gasteiger partial charge in [-0.25, -0.2) is 0 Å². The van der Waals surface area contributed by atoms with Gasteiger partial charge >= 0.3 is 88.1 Å². The first kappa shape index (κ1) is 27.7. The Morgan fingerprint density at radius 2 is 1.61 bits per heavy atom. The molecule has 28 heavy (non-hydrogen) atoms. The third-order valence-electron chi connectivity index (χ3n) is 2.32. The molecule has 1 aromatic carbocycles. The Morgan fingerprint density at radius 3 is 1.89 bits per heavy atom. The summed E-state index contributed by atoms with van der Waals surface area (Å²) in [5.74, 6) is -1.84. The van der Waals surface area contributed by atoms with E-state index < -0.39 is 26.0 Å². The second kappa shape index (κ2) is 12.0. The standard InChI is InChI=1S/C8H10AsNO5.C7H13NO.C2H4O2/c1-5(11)10-8-6(9(13,14)15)3-2-4-7(8)12;1-5-6(9)8-7(2,3)4;1-2(3)4/h2-4,12H,1H3,(H,10,11)(H2,13,14,15);5H,1H2,2-4H3,(H,8,9);1H3,(H,3,4). The quantitative estimate of drug-likeness (QED) is 0.208. The maximum Gasteiger partial charge on any atom is 0.300 e. The molecule has 0 aliphatic rings. The van der Waals surface area contributed by atoms with Crippen molar-refractivity contribution in [2.24, 2.45) is 0 Å². The van der Waals surface area contributed by atoms with E-state index in [1.165, 1.54) is 31.2 Å². The molecule has 0 aromatic heterocycles. The minimum atomic E-state index is -5.14. The fourth-order valence-electron chi connectivity index (χ4n) is 1.50. The maximum atomic E-state index is 11.1. The predicted molar refractivity (Wildman–Crippen MR) is 104 cm³/mol. The molecule has 0 radical (unpaired) electrons. The summed E-state index contributed by atoms with van der Waals surface area (Å²) < 4.78 is 28.8. The number of aliphatic carboxylic acids is 1. The van der Waals surface area contributed by atoms with Crippen molar-refractivity contribution < 1.29 is 36.5 Å². The molecule has 0 saturated heterocycles. The van der Waals surface area contributed by atoms with E-state index in [-0.39, 0.29) is 27.2 Å². The molecule has 10 nitrogen and oxygen atoms in total. The van der Waals surface area contributed by atoms with E-state index in [0.717, 1.165) is 6.92 Å². The summed E-state index contributed by atoms with van der Waals surface area (Å²) in [5.41, 5.74) is -0.372. The minimum absolute atomic E-state index is 0.123. The fourth-order valence-corrected chi connectivity index (χ4v) is 3.05. The number of nitrogens with one attached hydrogen (secondary N) is 2. The second-order valence-corrected chi connectivity index (χ2v) is 9.65. The molecular weight excluding hydrogens is 435 g/mol. The van der Waals surface area contributed by atoms with Crippen LogP contribution in [0.15, 0.2) is 30.9 Å². The van der Waals surface area contributed by atoms with Crippen LogP contribution in [0, 0.1) is 0 Å². The van der Waals surface area contributed by atoms with Crippen LogP contribution in [0.2, 0.25) is 0 Å². The van der Waals surface area contributed by atoms with Crippen LogP contribution in [0.5, 0.6) is 5.75 Å². The van der Waals surface area contributed by atoms with Gasteiger partial charge in [-0.1, -0.05) is 6.58 Å². The number of carbonyl (C=O) groups is 3. The Labute approximate surface area is 166 Å². The van der Waals surface area contributed by atoms with E-state index in [2.05, 4.69) is 17.2 Å². The van der Waals surface area contributed by atoms with Gasteiger partial charge < -0.3 is 10.4 Å². The number of carbonyl (C=O) groups excluding carboxylic acids is 2. The predicted octanol–water partition coefficient (Wildman–Crippen LogP) is 0.0896. The molecule has 1 aromatic rings. The largest absolute Gasteiger partial charge is 0.481 e. The Morgan fingerprint density at radius 1 is 1.14 bits per heavy atom. The van der Waals surface area contributed by atoms with E-state index in [0.29, 0.717) is 0 Å². The number of hydrogen-bond donors (Lipinski definition) is 6. The number of aromatic hydroxyl groups is 1. The van der Waals surface area contributed by atoms with Gasteiger partial charge in [0.25, 0.3) is 5.97 Å². The third kappa shape index (κ3) is 14.6. The molecule has 0 aliphatic heterocycles. The van der Waals surface area contributed by atoms with Crippen molar-refractivity contribution in [3.05, 3.63) is 30.9 Å². The van der Waals surface area contributed by atoms with Crippen molar-refractivity contribution in [1.29, 1.82) is 0 Å². The molecule has 1 rings (SSSR count). The molecule has 2 amide bonds. The second-order valence-electron chi connectivity index (χ2n) is 6.36. The molecule has 158 valence electrons. The van der Waals surface area contributed by atoms with Crippen molar-refractivity contribution in [3.63, 3.8) is 0 Å². The van der Waals surface area contributed by atoms with Crippen LogP contribution < -0.4 is 15.0 Å². The molecule has 6 N–H and O–H groups in total. The number of carboxylic acids is 1. The first-order valence-electron chi connectivity index (χ1n) is 7.81. The number of hydrogen-bond acceptors (Lipinski definition) is 5. The van der Waals surface area contributed by atoms with Crippen molar-refractivity contribution in [1.82, 2.24) is 5.32 Å². The number of phenols is 1. The van der Waals surface area contributed by atoms with E-state index in [4.69, 9.17) is 18.1 Å². The van der Waals surface area contributed by atoms with Crippen molar-refractivity contribution in [2.45, 2.75) is 40.2 Å². The summed E-state index contributed by atoms with van der Waals surface area (Å²) in [6.45, 7) is 11.4. The minimum Gasteiger partial charge on any atom is -0.481 e. The number of anilines is 1. The molecule has 0 unspecified atom stereocenters. The monoisotopic (exact) mass is 462 g/mol. The Kier molecular flexibility index (Phi) is 11.9. The molecule has 0 heterocycles. The summed E-state index contributed by atoms with van der Waals surface area (Å²) in [4.78, 5) is 30.4. The van der Waals surface area contributed by atoms with Crippen LogP contribution >= 0.6 is 0 Å². The van der Waals surface area contributed by atoms with Gasteiger partial charge in [-0.2, -0.15) is 0 Å². The average molecular weight is 462 g/mol. The third-order valence-corrected chi connectivity index (χ3v) is 4.42. The van der Waals surface area contributed by atoms with Crippen LogP contribution in [-0.2, 0) is 18.1 Å². The Bertz CT molecular complexity index is 746. The van der Waals surface area contributed by atoms with Crippen LogP contribution in [-0.4, -0.2) is 55.9 Å². The molecule has 0 spiro atoms.